The average Bonchev–Trinajstić information content (AvgIpc) is 3.84. The zero-order chi connectivity index (χ0) is 37.0. The first-order chi connectivity index (χ1) is 27.7. The Kier molecular flexibility index (Phi) is 7.90. The number of hydrogen-bond acceptors (Lipinski definition) is 4. The van der Waals surface area contributed by atoms with Crippen LogP contribution in [0.5, 0.6) is 0 Å². The van der Waals surface area contributed by atoms with Crippen molar-refractivity contribution in [1.29, 1.82) is 0 Å². The van der Waals surface area contributed by atoms with Gasteiger partial charge in [-0.3, -0.25) is 0 Å². The van der Waals surface area contributed by atoms with E-state index in [9.17, 15) is 0 Å². The highest BCUT2D eigenvalue weighted by molar-refractivity contribution is 7.26. The van der Waals surface area contributed by atoms with Crippen molar-refractivity contribution in [3.05, 3.63) is 194 Å². The topological polar surface area (TPSA) is 25.8 Å². The molecule has 0 amide bonds. The molecule has 11 aromatic rings. The summed E-state index contributed by atoms with van der Waals surface area (Å²) in [6, 6.07) is 69.9. The van der Waals surface area contributed by atoms with Crippen molar-refractivity contribution in [3.8, 4) is 67.3 Å². The molecular weight excluding hydrogens is 717 g/mol. The molecule has 0 saturated carbocycles. The van der Waals surface area contributed by atoms with Crippen LogP contribution in [0.1, 0.15) is 0 Å². The third kappa shape index (κ3) is 5.88. The van der Waals surface area contributed by atoms with Crippen molar-refractivity contribution >= 4 is 63.0 Å². The van der Waals surface area contributed by atoms with Crippen LogP contribution in [-0.2, 0) is 0 Å². The van der Waals surface area contributed by atoms with Gasteiger partial charge in [-0.25, -0.2) is 9.97 Å². The lowest BCUT2D eigenvalue weighted by Gasteiger charge is -2.14. The fraction of sp³-hybridized carbons (Fsp3) is 0. The van der Waals surface area contributed by atoms with Crippen molar-refractivity contribution in [3.63, 3.8) is 0 Å². The Bertz CT molecular complexity index is 3180. The maximum Gasteiger partial charge on any atom is 0.160 e. The van der Waals surface area contributed by atoms with Gasteiger partial charge >= 0.3 is 0 Å². The predicted molar refractivity (Wildman–Crippen MR) is 240 cm³/mol. The van der Waals surface area contributed by atoms with Crippen LogP contribution in [0.25, 0.3) is 108 Å². The summed E-state index contributed by atoms with van der Waals surface area (Å²) >= 11 is 3.71. The van der Waals surface area contributed by atoms with Gasteiger partial charge in [0, 0.05) is 57.0 Å². The van der Waals surface area contributed by atoms with E-state index in [1.165, 1.54) is 57.0 Å². The number of thiophene rings is 2. The number of benzene rings is 8. The van der Waals surface area contributed by atoms with E-state index in [-0.39, 0.29) is 0 Å². The first-order valence-electron chi connectivity index (χ1n) is 18.8. The molecule has 0 aliphatic rings. The third-order valence-electron chi connectivity index (χ3n) is 10.7. The summed E-state index contributed by atoms with van der Waals surface area (Å²) in [7, 11) is 0. The van der Waals surface area contributed by atoms with E-state index < -0.39 is 0 Å². The fourth-order valence-electron chi connectivity index (χ4n) is 7.84. The van der Waals surface area contributed by atoms with Gasteiger partial charge in [0.2, 0.25) is 0 Å². The smallest absolute Gasteiger partial charge is 0.160 e. The Labute approximate surface area is 332 Å². The standard InChI is InChI=1S/C52H32N2S2/c1-3-11-35(12-4-1)46-32-47(54-52(53-46)36-13-5-2-6-14-36)41-28-39(27-40(29-41)38-24-26-51-45(31-38)43-16-8-10-18-49(43)56-51)34-21-19-33(20-22-34)37-23-25-50-44(30-37)42-15-7-9-17-48(42)55-50/h1-32H. The summed E-state index contributed by atoms with van der Waals surface area (Å²) in [6.45, 7) is 0. The molecule has 0 atom stereocenters. The van der Waals surface area contributed by atoms with Gasteiger partial charge in [-0.1, -0.05) is 133 Å². The highest BCUT2D eigenvalue weighted by Gasteiger charge is 2.15. The minimum atomic E-state index is 0.708. The van der Waals surface area contributed by atoms with E-state index in [0.717, 1.165) is 44.8 Å². The van der Waals surface area contributed by atoms with Crippen molar-refractivity contribution in [2.45, 2.75) is 0 Å². The molecule has 56 heavy (non-hydrogen) atoms. The second-order valence-electron chi connectivity index (χ2n) is 14.2. The fourth-order valence-corrected chi connectivity index (χ4v) is 10.0. The minimum Gasteiger partial charge on any atom is -0.228 e. The number of fused-ring (bicyclic) bond motifs is 6. The molecule has 0 aliphatic carbocycles. The van der Waals surface area contributed by atoms with Crippen LogP contribution >= 0.6 is 22.7 Å². The normalized spacial score (nSPS) is 11.6. The van der Waals surface area contributed by atoms with Crippen LogP contribution in [0.2, 0.25) is 0 Å². The summed E-state index contributed by atoms with van der Waals surface area (Å²) in [5.74, 6) is 0.708. The van der Waals surface area contributed by atoms with E-state index >= 15 is 0 Å². The maximum absolute atomic E-state index is 5.24. The van der Waals surface area contributed by atoms with Gasteiger partial charge in [-0.2, -0.15) is 0 Å². The molecule has 4 heteroatoms. The molecule has 0 saturated heterocycles. The SMILES string of the molecule is c1ccc(-c2cc(-c3cc(-c4ccc(-c5ccc6sc7ccccc7c6c5)cc4)cc(-c4ccc5sc6ccccc6c5c4)c3)nc(-c3ccccc3)n2)cc1. The summed E-state index contributed by atoms with van der Waals surface area (Å²) in [5, 5.41) is 5.22. The van der Waals surface area contributed by atoms with Crippen molar-refractivity contribution in [1.82, 2.24) is 9.97 Å². The second-order valence-corrected chi connectivity index (χ2v) is 16.4. The lowest BCUT2D eigenvalue weighted by molar-refractivity contribution is 1.18. The van der Waals surface area contributed by atoms with Crippen molar-refractivity contribution < 1.29 is 0 Å². The molecule has 0 spiro atoms. The molecule has 0 fully saturated rings. The van der Waals surface area contributed by atoms with Gasteiger partial charge in [0.05, 0.1) is 11.4 Å². The Morgan fingerprint density at radius 2 is 0.661 bits per heavy atom. The van der Waals surface area contributed by atoms with Crippen molar-refractivity contribution in [2.24, 2.45) is 0 Å². The van der Waals surface area contributed by atoms with Crippen LogP contribution < -0.4 is 0 Å². The molecule has 3 heterocycles. The summed E-state index contributed by atoms with van der Waals surface area (Å²) < 4.78 is 5.25. The molecule has 0 radical (unpaired) electrons. The zero-order valence-corrected chi connectivity index (χ0v) is 31.8. The zero-order valence-electron chi connectivity index (χ0n) is 30.2. The van der Waals surface area contributed by atoms with Gasteiger partial charge in [0.25, 0.3) is 0 Å². The van der Waals surface area contributed by atoms with Crippen LogP contribution in [-0.4, -0.2) is 9.97 Å². The molecule has 0 N–H and O–H groups in total. The molecule has 262 valence electrons. The van der Waals surface area contributed by atoms with E-state index in [0.29, 0.717) is 5.82 Å². The number of aromatic nitrogens is 2. The largest absolute Gasteiger partial charge is 0.228 e. The lowest BCUT2D eigenvalue weighted by Crippen LogP contribution is -1.96. The second kappa shape index (κ2) is 13.5. The third-order valence-corrected chi connectivity index (χ3v) is 13.0. The highest BCUT2D eigenvalue weighted by Crippen LogP contribution is 2.40. The summed E-state index contributed by atoms with van der Waals surface area (Å²) in [6.07, 6.45) is 0. The predicted octanol–water partition coefficient (Wildman–Crippen LogP) is 15.2. The van der Waals surface area contributed by atoms with Gasteiger partial charge in [-0.05, 0) is 94.0 Å². The Balaban J connectivity index is 1.07. The number of hydrogen-bond donors (Lipinski definition) is 0. The first kappa shape index (κ1) is 32.7. The molecule has 8 aromatic carbocycles. The summed E-state index contributed by atoms with van der Waals surface area (Å²) in [5.41, 5.74) is 11.9. The van der Waals surface area contributed by atoms with Crippen LogP contribution in [0.15, 0.2) is 194 Å². The van der Waals surface area contributed by atoms with Crippen LogP contribution in [0.3, 0.4) is 0 Å². The summed E-state index contributed by atoms with van der Waals surface area (Å²) in [4.78, 5) is 10.3. The molecule has 3 aromatic heterocycles. The maximum atomic E-state index is 5.24. The van der Waals surface area contributed by atoms with Gasteiger partial charge in [-0.15, -0.1) is 22.7 Å². The molecule has 0 aliphatic heterocycles. The molecule has 0 unspecified atom stereocenters. The van der Waals surface area contributed by atoms with Gasteiger partial charge in [0.1, 0.15) is 0 Å². The van der Waals surface area contributed by atoms with E-state index in [4.69, 9.17) is 9.97 Å². The van der Waals surface area contributed by atoms with Gasteiger partial charge in [0.15, 0.2) is 5.82 Å². The lowest BCUT2D eigenvalue weighted by atomic mass is 9.93. The Morgan fingerprint density at radius 1 is 0.250 bits per heavy atom. The molecule has 2 nitrogen and oxygen atoms in total. The molecule has 11 rings (SSSR count). The first-order valence-corrected chi connectivity index (χ1v) is 20.4. The van der Waals surface area contributed by atoms with E-state index in [1.54, 1.807) is 0 Å². The quantitative estimate of drug-likeness (QED) is 0.169. The highest BCUT2D eigenvalue weighted by atomic mass is 32.1. The molecule has 0 bridgehead atoms. The Morgan fingerprint density at radius 3 is 1.25 bits per heavy atom. The Hall–Kier alpha value is -6.72. The number of nitrogens with zero attached hydrogens (tertiary/aromatic N) is 2. The molecular formula is C52H32N2S2. The minimum absolute atomic E-state index is 0.708. The van der Waals surface area contributed by atoms with Crippen LogP contribution in [0.4, 0.5) is 0 Å². The van der Waals surface area contributed by atoms with Crippen molar-refractivity contribution in [2.75, 3.05) is 0 Å². The van der Waals surface area contributed by atoms with Crippen LogP contribution in [0, 0.1) is 0 Å². The van der Waals surface area contributed by atoms with E-state index in [1.807, 2.05) is 46.9 Å². The van der Waals surface area contributed by atoms with E-state index in [2.05, 4.69) is 170 Å². The van der Waals surface area contributed by atoms with Gasteiger partial charge < -0.3 is 0 Å². The monoisotopic (exact) mass is 748 g/mol. The number of rotatable bonds is 6. The average molecular weight is 749 g/mol.